The SMILES string of the molecule is CCCCCCCCCCCCCCCCCCCCCC(=O)[C@](N)(CSSC[C@@](N)(C(=O)CCCCCCCCCCCCCCCCCCCCC)C(=O)OC)C(=O)OC. The van der Waals surface area contributed by atoms with Gasteiger partial charge in [-0.15, -0.1) is 0 Å². The number of esters is 2. The molecule has 0 aliphatic heterocycles. The Bertz CT molecular complexity index is 998. The molecule has 0 heterocycles. The molecule has 0 rings (SSSR count). The Labute approximate surface area is 391 Å². The van der Waals surface area contributed by atoms with Gasteiger partial charge >= 0.3 is 11.9 Å². The zero-order valence-electron chi connectivity index (χ0n) is 41.1. The first-order valence-corrected chi connectivity index (χ1v) is 28.7. The van der Waals surface area contributed by atoms with Crippen molar-refractivity contribution in [2.75, 3.05) is 25.7 Å². The highest BCUT2D eigenvalue weighted by molar-refractivity contribution is 8.76. The Kier molecular flexibility index (Phi) is 43.0. The van der Waals surface area contributed by atoms with E-state index in [4.69, 9.17) is 20.9 Å². The summed E-state index contributed by atoms with van der Waals surface area (Å²) in [5.41, 5.74) is 9.20. The fourth-order valence-electron chi connectivity index (χ4n) is 8.31. The molecule has 366 valence electrons. The van der Waals surface area contributed by atoms with Gasteiger partial charge in [0.05, 0.1) is 14.2 Å². The zero-order valence-corrected chi connectivity index (χ0v) is 42.8. The van der Waals surface area contributed by atoms with Crippen LogP contribution in [0.3, 0.4) is 0 Å². The first kappa shape index (κ1) is 60.9. The van der Waals surface area contributed by atoms with Gasteiger partial charge in [0, 0.05) is 24.3 Å². The van der Waals surface area contributed by atoms with Gasteiger partial charge in [-0.05, 0) is 12.8 Å². The van der Waals surface area contributed by atoms with E-state index in [1.54, 1.807) is 0 Å². The maximum atomic E-state index is 13.2. The van der Waals surface area contributed by atoms with Crippen LogP contribution in [-0.2, 0) is 28.7 Å². The molecular formula is C52H100N2O6S2. The van der Waals surface area contributed by atoms with E-state index in [2.05, 4.69) is 13.8 Å². The maximum absolute atomic E-state index is 13.2. The number of methoxy groups -OCH3 is 2. The predicted octanol–water partition coefficient (Wildman–Crippen LogP) is 14.9. The third-order valence-corrected chi connectivity index (χ3v) is 15.3. The lowest BCUT2D eigenvalue weighted by atomic mass is 9.93. The van der Waals surface area contributed by atoms with Gasteiger partial charge in [0.2, 0.25) is 0 Å². The van der Waals surface area contributed by atoms with Crippen LogP contribution in [0.15, 0.2) is 0 Å². The second-order valence-corrected chi connectivity index (χ2v) is 21.0. The second-order valence-electron chi connectivity index (χ2n) is 18.5. The van der Waals surface area contributed by atoms with Gasteiger partial charge in [-0.3, -0.25) is 9.59 Å². The molecule has 0 aliphatic carbocycles. The minimum absolute atomic E-state index is 0.0486. The summed E-state index contributed by atoms with van der Waals surface area (Å²) in [6.07, 6.45) is 48.8. The predicted molar refractivity (Wildman–Crippen MR) is 269 cm³/mol. The Balaban J connectivity index is 4.21. The van der Waals surface area contributed by atoms with Crippen molar-refractivity contribution in [1.82, 2.24) is 0 Å². The average Bonchev–Trinajstić information content (AvgIpc) is 3.28. The van der Waals surface area contributed by atoms with E-state index < -0.39 is 23.0 Å². The topological polar surface area (TPSA) is 139 Å². The largest absolute Gasteiger partial charge is 0.467 e. The van der Waals surface area contributed by atoms with Crippen molar-refractivity contribution < 1.29 is 28.7 Å². The molecule has 0 saturated heterocycles. The molecule has 0 aliphatic rings. The average molecular weight is 914 g/mol. The molecule has 0 saturated carbocycles. The molecule has 0 amide bonds. The van der Waals surface area contributed by atoms with E-state index in [-0.39, 0.29) is 35.9 Å². The number of Topliss-reactive ketones (excluding diaryl/α,β-unsaturated/α-hetero) is 2. The molecule has 0 radical (unpaired) electrons. The van der Waals surface area contributed by atoms with Crippen LogP contribution in [0.2, 0.25) is 0 Å². The summed E-state index contributed by atoms with van der Waals surface area (Å²) < 4.78 is 9.88. The maximum Gasteiger partial charge on any atom is 0.334 e. The highest BCUT2D eigenvalue weighted by atomic mass is 33.1. The van der Waals surface area contributed by atoms with Gasteiger partial charge in [-0.25, -0.2) is 9.59 Å². The Morgan fingerprint density at radius 1 is 0.339 bits per heavy atom. The van der Waals surface area contributed by atoms with Crippen molar-refractivity contribution >= 4 is 45.1 Å². The molecule has 0 fully saturated rings. The van der Waals surface area contributed by atoms with Crippen LogP contribution >= 0.6 is 21.6 Å². The van der Waals surface area contributed by atoms with Gasteiger partial charge in [-0.2, -0.15) is 0 Å². The van der Waals surface area contributed by atoms with Gasteiger partial charge in [-0.1, -0.05) is 267 Å². The number of hydrogen-bond donors (Lipinski definition) is 2. The summed E-state index contributed by atoms with van der Waals surface area (Å²) in [4.78, 5) is 52.0. The Hall–Kier alpha value is -1.10. The fourth-order valence-corrected chi connectivity index (χ4v) is 11.0. The number of hydrogen-bond acceptors (Lipinski definition) is 10. The van der Waals surface area contributed by atoms with Crippen molar-refractivity contribution in [3.63, 3.8) is 0 Å². The van der Waals surface area contributed by atoms with Crippen LogP contribution < -0.4 is 11.5 Å². The van der Waals surface area contributed by atoms with Crippen LogP contribution in [0.4, 0.5) is 0 Å². The minimum Gasteiger partial charge on any atom is -0.467 e. The molecule has 0 aromatic heterocycles. The summed E-state index contributed by atoms with van der Waals surface area (Å²) >= 11 is 0. The zero-order chi connectivity index (χ0) is 45.8. The summed E-state index contributed by atoms with van der Waals surface area (Å²) in [5, 5.41) is 0. The minimum atomic E-state index is -1.81. The Morgan fingerprint density at radius 2 is 0.516 bits per heavy atom. The molecule has 0 spiro atoms. The lowest BCUT2D eigenvalue weighted by molar-refractivity contribution is -0.151. The standard InChI is InChI=1S/C52H100N2O6S2/c1-5-7-9-11-13-15-17-19-21-23-25-27-29-31-33-35-37-39-41-43-47(55)51(53,49(57)59-3)45-61-62-46-52(54,50(58)60-4)48(56)44-42-40-38-36-34-32-30-28-26-24-22-20-18-16-14-12-10-8-6-2/h5-46,53-54H2,1-4H3/t51-,52-/m1/s1. The summed E-state index contributed by atoms with van der Waals surface area (Å²) in [5.74, 6) is -2.35. The number of rotatable bonds is 49. The van der Waals surface area contributed by atoms with Gasteiger partial charge in [0.15, 0.2) is 22.6 Å². The molecular weight excluding hydrogens is 813 g/mol. The third-order valence-electron chi connectivity index (χ3n) is 12.8. The summed E-state index contributed by atoms with van der Waals surface area (Å²) in [6, 6.07) is 0. The monoisotopic (exact) mass is 913 g/mol. The number of carbonyl (C=O) groups is 4. The van der Waals surface area contributed by atoms with E-state index in [0.717, 1.165) is 60.1 Å². The van der Waals surface area contributed by atoms with E-state index >= 15 is 0 Å². The molecule has 0 aromatic rings. The normalized spacial score (nSPS) is 13.5. The quantitative estimate of drug-likeness (QED) is 0.0262. The molecule has 8 nitrogen and oxygen atoms in total. The van der Waals surface area contributed by atoms with Crippen LogP contribution in [0.1, 0.15) is 271 Å². The van der Waals surface area contributed by atoms with Crippen molar-refractivity contribution in [2.24, 2.45) is 11.5 Å². The molecule has 2 atom stereocenters. The first-order chi connectivity index (χ1) is 30.1. The fraction of sp³-hybridized carbons (Fsp3) is 0.923. The highest BCUT2D eigenvalue weighted by Crippen LogP contribution is 2.31. The van der Waals surface area contributed by atoms with Crippen LogP contribution in [0.25, 0.3) is 0 Å². The second kappa shape index (κ2) is 43.8. The number of unbranched alkanes of at least 4 members (excludes halogenated alkanes) is 36. The first-order valence-electron chi connectivity index (χ1n) is 26.2. The van der Waals surface area contributed by atoms with Crippen molar-refractivity contribution in [3.8, 4) is 0 Å². The molecule has 4 N–H and O–H groups in total. The molecule has 0 aromatic carbocycles. The van der Waals surface area contributed by atoms with E-state index in [9.17, 15) is 19.2 Å². The molecule has 0 bridgehead atoms. The van der Waals surface area contributed by atoms with Crippen LogP contribution in [0, 0.1) is 0 Å². The number of carbonyl (C=O) groups excluding carboxylic acids is 4. The van der Waals surface area contributed by atoms with Crippen molar-refractivity contribution in [1.29, 1.82) is 0 Å². The lowest BCUT2D eigenvalue weighted by Gasteiger charge is -2.27. The van der Waals surface area contributed by atoms with Gasteiger partial charge < -0.3 is 20.9 Å². The number of ketones is 2. The summed E-state index contributed by atoms with van der Waals surface area (Å²) in [7, 11) is 4.77. The Morgan fingerprint density at radius 3 is 0.694 bits per heavy atom. The van der Waals surface area contributed by atoms with Crippen LogP contribution in [0.5, 0.6) is 0 Å². The van der Waals surface area contributed by atoms with E-state index in [1.165, 1.54) is 207 Å². The number of ether oxygens (including phenoxy) is 2. The highest BCUT2D eigenvalue weighted by Gasteiger charge is 2.45. The molecule has 0 unspecified atom stereocenters. The number of nitrogens with two attached hydrogens (primary N) is 2. The molecule has 62 heavy (non-hydrogen) atoms. The van der Waals surface area contributed by atoms with Gasteiger partial charge in [0.1, 0.15) is 0 Å². The molecule has 10 heteroatoms. The van der Waals surface area contributed by atoms with E-state index in [1.807, 2.05) is 0 Å². The smallest absolute Gasteiger partial charge is 0.334 e. The lowest BCUT2D eigenvalue weighted by Crippen LogP contribution is -2.58. The third kappa shape index (κ3) is 32.5. The van der Waals surface area contributed by atoms with Crippen LogP contribution in [-0.4, -0.2) is 60.3 Å². The summed E-state index contributed by atoms with van der Waals surface area (Å²) in [6.45, 7) is 4.55. The van der Waals surface area contributed by atoms with Crippen molar-refractivity contribution in [3.05, 3.63) is 0 Å². The van der Waals surface area contributed by atoms with Gasteiger partial charge in [0.25, 0.3) is 0 Å². The van der Waals surface area contributed by atoms with E-state index in [0.29, 0.717) is 12.8 Å². The van der Waals surface area contributed by atoms with Crippen molar-refractivity contribution in [2.45, 2.75) is 282 Å².